The summed E-state index contributed by atoms with van der Waals surface area (Å²) in [4.78, 5) is 0. The van der Waals surface area contributed by atoms with Gasteiger partial charge in [-0.1, -0.05) is 26.0 Å². The van der Waals surface area contributed by atoms with Crippen molar-refractivity contribution in [3.05, 3.63) is 12.2 Å². The van der Waals surface area contributed by atoms with Gasteiger partial charge >= 0.3 is 0 Å². The zero-order valence-electron chi connectivity index (χ0n) is 8.25. The Balaban J connectivity index is 3.83. The third kappa shape index (κ3) is 3.88. The summed E-state index contributed by atoms with van der Waals surface area (Å²) in [6.45, 7) is 9.70. The largest absolute Gasteiger partial charge is 0.396 e. The molecule has 3 atom stereocenters. The average Bonchev–Trinajstić information content (AvgIpc) is 2.02. The Kier molecular flexibility index (Phi) is 5.18. The van der Waals surface area contributed by atoms with Crippen LogP contribution >= 0.6 is 0 Å². The van der Waals surface area contributed by atoms with Crippen molar-refractivity contribution >= 4 is 0 Å². The van der Waals surface area contributed by atoms with Gasteiger partial charge in [-0.05, 0) is 25.2 Å². The van der Waals surface area contributed by atoms with E-state index in [1.807, 2.05) is 20.8 Å². The van der Waals surface area contributed by atoms with Gasteiger partial charge in [-0.3, -0.25) is 0 Å². The maximum Gasteiger partial charge on any atom is 0.0747 e. The van der Waals surface area contributed by atoms with Crippen LogP contribution in [0, 0.1) is 11.8 Å². The molecular formula is C10H20O2. The van der Waals surface area contributed by atoms with Gasteiger partial charge in [-0.15, -0.1) is 0 Å². The topological polar surface area (TPSA) is 40.5 Å². The maximum absolute atomic E-state index is 9.46. The Morgan fingerprint density at radius 3 is 2.17 bits per heavy atom. The van der Waals surface area contributed by atoms with Crippen LogP contribution in [-0.4, -0.2) is 22.9 Å². The molecule has 0 aromatic rings. The van der Waals surface area contributed by atoms with E-state index in [9.17, 15) is 5.11 Å². The van der Waals surface area contributed by atoms with Crippen molar-refractivity contribution in [2.24, 2.45) is 11.8 Å². The molecule has 0 radical (unpaired) electrons. The zero-order chi connectivity index (χ0) is 9.72. The van der Waals surface area contributed by atoms with E-state index in [1.54, 1.807) is 0 Å². The molecule has 0 aliphatic rings. The summed E-state index contributed by atoms with van der Waals surface area (Å²) in [5, 5.41) is 18.3. The van der Waals surface area contributed by atoms with E-state index in [0.29, 0.717) is 12.3 Å². The third-order valence-corrected chi connectivity index (χ3v) is 2.42. The normalized spacial score (nSPS) is 18.4. The van der Waals surface area contributed by atoms with Gasteiger partial charge in [-0.25, -0.2) is 0 Å². The van der Waals surface area contributed by atoms with Crippen LogP contribution in [0.1, 0.15) is 27.2 Å². The van der Waals surface area contributed by atoms with Crippen molar-refractivity contribution < 1.29 is 10.2 Å². The molecule has 0 spiro atoms. The molecule has 0 fully saturated rings. The second-order valence-corrected chi connectivity index (χ2v) is 3.73. The lowest BCUT2D eigenvalue weighted by atomic mass is 9.90. The van der Waals surface area contributed by atoms with Gasteiger partial charge in [0, 0.05) is 6.61 Å². The summed E-state index contributed by atoms with van der Waals surface area (Å²) in [7, 11) is 0. The Bertz CT molecular complexity index is 143. The SMILES string of the molecule is C=C(C)C(O)CC(C)C(C)CO. The fourth-order valence-corrected chi connectivity index (χ4v) is 0.966. The molecule has 0 aliphatic heterocycles. The fourth-order valence-electron chi connectivity index (χ4n) is 0.966. The predicted molar refractivity (Wildman–Crippen MR) is 50.9 cm³/mol. The van der Waals surface area contributed by atoms with Crippen LogP contribution in [0.2, 0.25) is 0 Å². The summed E-state index contributed by atoms with van der Waals surface area (Å²) < 4.78 is 0. The van der Waals surface area contributed by atoms with Gasteiger partial charge < -0.3 is 10.2 Å². The molecule has 0 bridgehead atoms. The Morgan fingerprint density at radius 2 is 1.83 bits per heavy atom. The molecule has 0 rings (SSSR count). The van der Waals surface area contributed by atoms with Gasteiger partial charge in [0.15, 0.2) is 0 Å². The van der Waals surface area contributed by atoms with Crippen molar-refractivity contribution in [1.29, 1.82) is 0 Å². The Hall–Kier alpha value is -0.340. The predicted octanol–water partition coefficient (Wildman–Crippen LogP) is 1.58. The number of hydrogen-bond donors (Lipinski definition) is 2. The second kappa shape index (κ2) is 5.33. The monoisotopic (exact) mass is 172 g/mol. The molecule has 3 unspecified atom stereocenters. The molecule has 0 aliphatic carbocycles. The molecule has 0 aromatic carbocycles. The highest BCUT2D eigenvalue weighted by Crippen LogP contribution is 2.18. The highest BCUT2D eigenvalue weighted by atomic mass is 16.3. The summed E-state index contributed by atoms with van der Waals surface area (Å²) in [6, 6.07) is 0. The Morgan fingerprint density at radius 1 is 1.33 bits per heavy atom. The minimum absolute atomic E-state index is 0.185. The number of hydrogen-bond acceptors (Lipinski definition) is 2. The van der Waals surface area contributed by atoms with Gasteiger partial charge in [0.25, 0.3) is 0 Å². The molecule has 0 saturated heterocycles. The first kappa shape index (κ1) is 11.7. The molecule has 2 nitrogen and oxygen atoms in total. The summed E-state index contributed by atoms with van der Waals surface area (Å²) in [5.74, 6) is 0.584. The molecule has 0 heterocycles. The number of aliphatic hydroxyl groups excluding tert-OH is 2. The van der Waals surface area contributed by atoms with Crippen LogP contribution in [0.3, 0.4) is 0 Å². The van der Waals surface area contributed by atoms with E-state index in [0.717, 1.165) is 5.57 Å². The van der Waals surface area contributed by atoms with Gasteiger partial charge in [0.1, 0.15) is 0 Å². The van der Waals surface area contributed by atoms with E-state index >= 15 is 0 Å². The van der Waals surface area contributed by atoms with Crippen LogP contribution in [0.15, 0.2) is 12.2 Å². The molecular weight excluding hydrogens is 152 g/mol. The standard InChI is InChI=1S/C10H20O2/c1-7(2)10(12)5-8(3)9(4)6-11/h8-12H,1,5-6H2,2-4H3. The molecule has 12 heavy (non-hydrogen) atoms. The van der Waals surface area contributed by atoms with E-state index in [-0.39, 0.29) is 12.5 Å². The highest BCUT2D eigenvalue weighted by molar-refractivity contribution is 4.97. The van der Waals surface area contributed by atoms with Crippen LogP contribution in [0.5, 0.6) is 0 Å². The van der Waals surface area contributed by atoms with Gasteiger partial charge in [0.2, 0.25) is 0 Å². The number of aliphatic hydroxyl groups is 2. The average molecular weight is 172 g/mol. The summed E-state index contributed by atoms with van der Waals surface area (Å²) >= 11 is 0. The second-order valence-electron chi connectivity index (χ2n) is 3.73. The minimum atomic E-state index is -0.422. The maximum atomic E-state index is 9.46. The molecule has 0 aromatic heterocycles. The molecule has 2 heteroatoms. The van der Waals surface area contributed by atoms with Crippen molar-refractivity contribution in [3.8, 4) is 0 Å². The lowest BCUT2D eigenvalue weighted by Crippen LogP contribution is -2.19. The van der Waals surface area contributed by atoms with Gasteiger partial charge in [-0.2, -0.15) is 0 Å². The molecule has 72 valence electrons. The summed E-state index contributed by atoms with van der Waals surface area (Å²) in [5.41, 5.74) is 0.798. The fraction of sp³-hybridized carbons (Fsp3) is 0.800. The first-order valence-electron chi connectivity index (χ1n) is 4.43. The lowest BCUT2D eigenvalue weighted by molar-refractivity contribution is 0.134. The minimum Gasteiger partial charge on any atom is -0.396 e. The highest BCUT2D eigenvalue weighted by Gasteiger charge is 2.15. The van der Waals surface area contributed by atoms with Crippen LogP contribution in [-0.2, 0) is 0 Å². The van der Waals surface area contributed by atoms with Crippen LogP contribution < -0.4 is 0 Å². The molecule has 0 saturated carbocycles. The van der Waals surface area contributed by atoms with Crippen molar-refractivity contribution in [2.45, 2.75) is 33.3 Å². The Labute approximate surface area is 74.9 Å². The lowest BCUT2D eigenvalue weighted by Gasteiger charge is -2.20. The van der Waals surface area contributed by atoms with E-state index in [4.69, 9.17) is 5.11 Å². The van der Waals surface area contributed by atoms with E-state index < -0.39 is 6.10 Å². The quantitative estimate of drug-likeness (QED) is 0.618. The van der Waals surface area contributed by atoms with E-state index in [1.165, 1.54) is 0 Å². The first-order chi connectivity index (χ1) is 5.49. The van der Waals surface area contributed by atoms with Crippen LogP contribution in [0.4, 0.5) is 0 Å². The third-order valence-electron chi connectivity index (χ3n) is 2.42. The van der Waals surface area contributed by atoms with Gasteiger partial charge in [0.05, 0.1) is 6.10 Å². The number of rotatable bonds is 5. The van der Waals surface area contributed by atoms with Crippen LogP contribution in [0.25, 0.3) is 0 Å². The molecule has 2 N–H and O–H groups in total. The first-order valence-corrected chi connectivity index (χ1v) is 4.43. The van der Waals surface area contributed by atoms with Crippen molar-refractivity contribution in [1.82, 2.24) is 0 Å². The van der Waals surface area contributed by atoms with E-state index in [2.05, 4.69) is 6.58 Å². The summed E-state index contributed by atoms with van der Waals surface area (Å²) in [6.07, 6.45) is 0.269. The molecule has 0 amide bonds. The van der Waals surface area contributed by atoms with Crippen molar-refractivity contribution in [3.63, 3.8) is 0 Å². The van der Waals surface area contributed by atoms with Crippen molar-refractivity contribution in [2.75, 3.05) is 6.61 Å². The smallest absolute Gasteiger partial charge is 0.0747 e. The zero-order valence-corrected chi connectivity index (χ0v) is 8.25.